The van der Waals surface area contributed by atoms with Crippen LogP contribution in [0.25, 0.3) is 0 Å². The van der Waals surface area contributed by atoms with E-state index in [1.54, 1.807) is 39.9 Å². The van der Waals surface area contributed by atoms with Crippen molar-refractivity contribution in [1.82, 2.24) is 15.6 Å². The van der Waals surface area contributed by atoms with E-state index in [4.69, 9.17) is 21.7 Å². The lowest BCUT2D eigenvalue weighted by atomic mass is 9.89. The molecule has 8 heteroatoms. The summed E-state index contributed by atoms with van der Waals surface area (Å²) in [6, 6.07) is 6.51. The fourth-order valence-electron chi connectivity index (χ4n) is 3.54. The van der Waals surface area contributed by atoms with Crippen LogP contribution in [-0.4, -0.2) is 52.7 Å². The molecule has 2 saturated heterocycles. The summed E-state index contributed by atoms with van der Waals surface area (Å²) in [6.45, 7) is 1.88. The van der Waals surface area contributed by atoms with Crippen molar-refractivity contribution < 1.29 is 19.7 Å². The van der Waals surface area contributed by atoms with Crippen LogP contribution in [-0.2, 0) is 9.73 Å². The minimum atomic E-state index is -0.484. The van der Waals surface area contributed by atoms with Crippen LogP contribution >= 0.6 is 11.6 Å². The average molecular weight is 382 g/mol. The molecule has 0 radical (unpaired) electrons. The highest BCUT2D eigenvalue weighted by molar-refractivity contribution is 6.30. The topological polar surface area (TPSA) is 82.1 Å². The molecule has 2 aliphatic heterocycles. The Hall–Kier alpha value is -1.51. The van der Waals surface area contributed by atoms with E-state index >= 15 is 0 Å². The van der Waals surface area contributed by atoms with Crippen molar-refractivity contribution in [3.63, 3.8) is 0 Å². The molecule has 0 bridgehead atoms. The van der Waals surface area contributed by atoms with Gasteiger partial charge in [-0.1, -0.05) is 11.6 Å². The summed E-state index contributed by atoms with van der Waals surface area (Å²) in [5.41, 5.74) is 2.40. The van der Waals surface area contributed by atoms with E-state index in [0.29, 0.717) is 49.5 Å². The van der Waals surface area contributed by atoms with Gasteiger partial charge in [0.15, 0.2) is 5.78 Å². The number of benzene rings is 1. The number of halogens is 1. The number of hydrogen-bond acceptors (Lipinski definition) is 6. The first-order valence-corrected chi connectivity index (χ1v) is 9.39. The maximum Gasteiger partial charge on any atom is 0.263 e. The molecule has 2 fully saturated rings. The predicted octanol–water partition coefficient (Wildman–Crippen LogP) is 2.44. The van der Waals surface area contributed by atoms with Gasteiger partial charge in [-0.15, -0.1) is 0 Å². The van der Waals surface area contributed by atoms with Crippen LogP contribution in [0, 0.1) is 5.92 Å². The minimum Gasteiger partial charge on any atom is -0.294 e. The van der Waals surface area contributed by atoms with Crippen LogP contribution < -0.4 is 5.48 Å². The number of nitrogens with one attached hydrogen (secondary N) is 1. The number of ketones is 1. The zero-order valence-electron chi connectivity index (χ0n) is 14.6. The molecule has 2 heterocycles. The number of rotatable bonds is 5. The quantitative estimate of drug-likeness (QED) is 0.463. The third-order valence-corrected chi connectivity index (χ3v) is 5.29. The predicted molar refractivity (Wildman–Crippen MR) is 95.4 cm³/mol. The fraction of sp³-hybridized carbons (Fsp3) is 0.556. The van der Waals surface area contributed by atoms with Crippen LogP contribution in [0.5, 0.6) is 0 Å². The van der Waals surface area contributed by atoms with Crippen molar-refractivity contribution in [3.8, 4) is 0 Å². The molecule has 1 aromatic rings. The molecular formula is C18H24ClN3O4. The smallest absolute Gasteiger partial charge is 0.263 e. The van der Waals surface area contributed by atoms with Crippen LogP contribution in [0.15, 0.2) is 24.3 Å². The molecule has 1 atom stereocenters. The Morgan fingerprint density at radius 2 is 1.77 bits per heavy atom. The number of nitrogens with zero attached hydrogens (tertiary/aromatic N) is 2. The van der Waals surface area contributed by atoms with Crippen molar-refractivity contribution in [2.24, 2.45) is 5.92 Å². The van der Waals surface area contributed by atoms with Crippen molar-refractivity contribution in [3.05, 3.63) is 34.9 Å². The monoisotopic (exact) mass is 381 g/mol. The van der Waals surface area contributed by atoms with Gasteiger partial charge in [0.25, 0.3) is 5.91 Å². The first kappa shape index (κ1) is 19.3. The second kappa shape index (κ2) is 8.92. The van der Waals surface area contributed by atoms with Gasteiger partial charge < -0.3 is 0 Å². The number of carbonyl (C=O) groups is 2. The Bertz CT molecular complexity index is 632. The second-order valence-corrected chi connectivity index (χ2v) is 7.22. The molecule has 0 saturated carbocycles. The highest BCUT2D eigenvalue weighted by Crippen LogP contribution is 2.25. The van der Waals surface area contributed by atoms with Gasteiger partial charge in [0.1, 0.15) is 6.04 Å². The van der Waals surface area contributed by atoms with E-state index < -0.39 is 11.9 Å². The van der Waals surface area contributed by atoms with Gasteiger partial charge in [0.2, 0.25) is 0 Å². The third-order valence-electron chi connectivity index (χ3n) is 5.04. The maximum atomic E-state index is 12.6. The highest BCUT2D eigenvalue weighted by Gasteiger charge is 2.33. The molecule has 3 rings (SSSR count). The standard InChI is InChI=1S/C18H24ClN3O4/c19-15-6-4-13(5-7-15)17(23)14-8-11-21(12-9-14)26-22-10-2-1-3-16(22)18(24)20-25/h4-7,14,16,25H,1-3,8-12H2,(H,20,24)/t16-/m1/s1. The summed E-state index contributed by atoms with van der Waals surface area (Å²) in [7, 11) is 0. The van der Waals surface area contributed by atoms with E-state index in [2.05, 4.69) is 0 Å². The lowest BCUT2D eigenvalue weighted by Gasteiger charge is -2.38. The normalized spacial score (nSPS) is 22.9. The summed E-state index contributed by atoms with van der Waals surface area (Å²) in [5.74, 6) is -0.344. The summed E-state index contributed by atoms with van der Waals surface area (Å²) in [4.78, 5) is 30.3. The largest absolute Gasteiger partial charge is 0.294 e. The Kier molecular flexibility index (Phi) is 6.61. The van der Waals surface area contributed by atoms with E-state index in [1.807, 2.05) is 0 Å². The first-order chi connectivity index (χ1) is 12.6. The molecule has 2 aliphatic rings. The Balaban J connectivity index is 1.52. The lowest BCUT2D eigenvalue weighted by Crippen LogP contribution is -2.52. The fourth-order valence-corrected chi connectivity index (χ4v) is 3.66. The average Bonchev–Trinajstić information content (AvgIpc) is 2.68. The van der Waals surface area contributed by atoms with Gasteiger partial charge in [-0.05, 0) is 56.4 Å². The molecular weight excluding hydrogens is 358 g/mol. The van der Waals surface area contributed by atoms with Crippen LogP contribution in [0.1, 0.15) is 42.5 Å². The third kappa shape index (κ3) is 4.61. The molecule has 0 aliphatic carbocycles. The molecule has 0 spiro atoms. The van der Waals surface area contributed by atoms with Crippen molar-refractivity contribution in [1.29, 1.82) is 0 Å². The van der Waals surface area contributed by atoms with Crippen LogP contribution in [0.3, 0.4) is 0 Å². The van der Waals surface area contributed by atoms with Gasteiger partial charge >= 0.3 is 0 Å². The molecule has 142 valence electrons. The number of carbonyl (C=O) groups excluding carboxylic acids is 2. The van der Waals surface area contributed by atoms with Crippen LogP contribution in [0.2, 0.25) is 5.02 Å². The number of hydroxylamine groups is 5. The van der Waals surface area contributed by atoms with E-state index in [1.165, 1.54) is 0 Å². The van der Waals surface area contributed by atoms with Gasteiger partial charge in [-0.25, -0.2) is 10.4 Å². The SMILES string of the molecule is O=C(c1ccc(Cl)cc1)C1CCN(ON2CCCC[C@@H]2C(=O)NO)CC1. The second-order valence-electron chi connectivity index (χ2n) is 6.78. The highest BCUT2D eigenvalue weighted by atomic mass is 35.5. The molecule has 2 N–H and O–H groups in total. The zero-order chi connectivity index (χ0) is 18.5. The molecule has 1 aromatic carbocycles. The minimum absolute atomic E-state index is 0.0334. The number of piperidine rings is 2. The zero-order valence-corrected chi connectivity index (χ0v) is 15.3. The lowest BCUT2D eigenvalue weighted by molar-refractivity contribution is -0.346. The van der Waals surface area contributed by atoms with Gasteiger partial charge in [0.05, 0.1) is 0 Å². The summed E-state index contributed by atoms with van der Waals surface area (Å²) in [6.07, 6.45) is 3.92. The Labute approximate surface area is 157 Å². The number of hydrogen-bond donors (Lipinski definition) is 2. The van der Waals surface area contributed by atoms with Crippen molar-refractivity contribution in [2.75, 3.05) is 19.6 Å². The van der Waals surface area contributed by atoms with Crippen molar-refractivity contribution >= 4 is 23.3 Å². The van der Waals surface area contributed by atoms with E-state index in [9.17, 15) is 9.59 Å². The summed E-state index contributed by atoms with van der Waals surface area (Å²) in [5, 5.41) is 12.9. The van der Waals surface area contributed by atoms with E-state index in [0.717, 1.165) is 12.8 Å². The molecule has 1 amide bonds. The van der Waals surface area contributed by atoms with Gasteiger partial charge in [0, 0.05) is 36.1 Å². The van der Waals surface area contributed by atoms with Crippen molar-refractivity contribution in [2.45, 2.75) is 38.1 Å². The molecule has 0 unspecified atom stereocenters. The first-order valence-electron chi connectivity index (χ1n) is 9.02. The van der Waals surface area contributed by atoms with E-state index in [-0.39, 0.29) is 11.7 Å². The molecule has 7 nitrogen and oxygen atoms in total. The Morgan fingerprint density at radius 1 is 1.08 bits per heavy atom. The summed E-state index contributed by atoms with van der Waals surface area (Å²) >= 11 is 5.88. The number of amides is 1. The van der Waals surface area contributed by atoms with Gasteiger partial charge in [-0.3, -0.25) is 14.8 Å². The van der Waals surface area contributed by atoms with Gasteiger partial charge in [-0.2, -0.15) is 10.1 Å². The number of Topliss-reactive ketones (excluding diaryl/α,β-unsaturated/α-hetero) is 1. The molecule has 0 aromatic heterocycles. The van der Waals surface area contributed by atoms with Crippen LogP contribution in [0.4, 0.5) is 0 Å². The Morgan fingerprint density at radius 3 is 2.42 bits per heavy atom. The summed E-state index contributed by atoms with van der Waals surface area (Å²) < 4.78 is 0. The maximum absolute atomic E-state index is 12.6. The molecule has 26 heavy (non-hydrogen) atoms.